The largest absolute Gasteiger partial charge is 0.271 e. The summed E-state index contributed by atoms with van der Waals surface area (Å²) in [6, 6.07) is 14.6. The molecule has 0 saturated carbocycles. The van der Waals surface area contributed by atoms with Crippen LogP contribution in [0.1, 0.15) is 28.3 Å². The molecule has 0 aliphatic carbocycles. The molecule has 0 spiro atoms. The van der Waals surface area contributed by atoms with Crippen LogP contribution in [0.3, 0.4) is 0 Å². The minimum absolute atomic E-state index is 0.0259. The zero-order valence-corrected chi connectivity index (χ0v) is 12.2. The first-order valence-corrected chi connectivity index (χ1v) is 6.70. The molecule has 1 unspecified atom stereocenters. The SMILES string of the molecule is Cc1cc(C(NN)c2ccccc2C)ccc1Br. The summed E-state index contributed by atoms with van der Waals surface area (Å²) in [5, 5.41) is 0. The Morgan fingerprint density at radius 2 is 1.78 bits per heavy atom. The van der Waals surface area contributed by atoms with Crippen LogP contribution >= 0.6 is 15.9 Å². The van der Waals surface area contributed by atoms with Crippen LogP contribution in [0.2, 0.25) is 0 Å². The summed E-state index contributed by atoms with van der Waals surface area (Å²) in [7, 11) is 0. The van der Waals surface area contributed by atoms with Crippen LogP contribution < -0.4 is 11.3 Å². The van der Waals surface area contributed by atoms with Crippen LogP contribution in [0, 0.1) is 13.8 Å². The second-order valence-electron chi connectivity index (χ2n) is 4.46. The van der Waals surface area contributed by atoms with Crippen LogP contribution in [0.5, 0.6) is 0 Å². The van der Waals surface area contributed by atoms with Gasteiger partial charge in [0, 0.05) is 4.47 Å². The zero-order chi connectivity index (χ0) is 13.1. The fourth-order valence-corrected chi connectivity index (χ4v) is 2.37. The molecule has 0 heterocycles. The molecule has 3 N–H and O–H groups in total. The molecule has 94 valence electrons. The van der Waals surface area contributed by atoms with Crippen molar-refractivity contribution in [3.63, 3.8) is 0 Å². The van der Waals surface area contributed by atoms with E-state index >= 15 is 0 Å². The molecule has 0 aliphatic rings. The first-order valence-electron chi connectivity index (χ1n) is 5.91. The molecule has 2 aromatic rings. The Morgan fingerprint density at radius 1 is 1.06 bits per heavy atom. The number of hydrogen-bond donors (Lipinski definition) is 2. The maximum absolute atomic E-state index is 5.73. The lowest BCUT2D eigenvalue weighted by molar-refractivity contribution is 0.633. The first kappa shape index (κ1) is 13.3. The van der Waals surface area contributed by atoms with Crippen LogP contribution in [-0.4, -0.2) is 0 Å². The second-order valence-corrected chi connectivity index (χ2v) is 5.32. The van der Waals surface area contributed by atoms with Gasteiger partial charge >= 0.3 is 0 Å². The van der Waals surface area contributed by atoms with E-state index in [1.54, 1.807) is 0 Å². The predicted molar refractivity (Wildman–Crippen MR) is 79.2 cm³/mol. The van der Waals surface area contributed by atoms with Crippen molar-refractivity contribution in [1.29, 1.82) is 0 Å². The van der Waals surface area contributed by atoms with E-state index in [0.29, 0.717) is 0 Å². The average molecular weight is 305 g/mol. The van der Waals surface area contributed by atoms with Crippen LogP contribution in [-0.2, 0) is 0 Å². The summed E-state index contributed by atoms with van der Waals surface area (Å²) >= 11 is 3.52. The number of halogens is 1. The highest BCUT2D eigenvalue weighted by molar-refractivity contribution is 9.10. The third kappa shape index (κ3) is 2.64. The maximum atomic E-state index is 5.73. The van der Waals surface area contributed by atoms with Gasteiger partial charge in [-0.25, -0.2) is 5.43 Å². The van der Waals surface area contributed by atoms with E-state index < -0.39 is 0 Å². The normalized spacial score (nSPS) is 12.4. The minimum Gasteiger partial charge on any atom is -0.271 e. The molecule has 0 saturated heterocycles. The van der Waals surface area contributed by atoms with E-state index in [9.17, 15) is 0 Å². The van der Waals surface area contributed by atoms with Gasteiger partial charge in [0.2, 0.25) is 0 Å². The van der Waals surface area contributed by atoms with Crippen molar-refractivity contribution >= 4 is 15.9 Å². The smallest absolute Gasteiger partial charge is 0.0712 e. The molecule has 0 amide bonds. The van der Waals surface area contributed by atoms with Gasteiger partial charge in [0.1, 0.15) is 0 Å². The molecular formula is C15H17BrN2. The first-order chi connectivity index (χ1) is 8.63. The Labute approximate surface area is 116 Å². The summed E-state index contributed by atoms with van der Waals surface area (Å²) in [6.45, 7) is 4.18. The number of benzene rings is 2. The molecule has 2 rings (SSSR count). The Hall–Kier alpha value is -1.16. The van der Waals surface area contributed by atoms with Gasteiger partial charge in [0.15, 0.2) is 0 Å². The zero-order valence-electron chi connectivity index (χ0n) is 10.6. The van der Waals surface area contributed by atoms with Crippen LogP contribution in [0.15, 0.2) is 46.9 Å². The van der Waals surface area contributed by atoms with Crippen molar-refractivity contribution < 1.29 is 0 Å². The highest BCUT2D eigenvalue weighted by Gasteiger charge is 2.14. The fraction of sp³-hybridized carbons (Fsp3) is 0.200. The lowest BCUT2D eigenvalue weighted by Gasteiger charge is -2.19. The summed E-state index contributed by atoms with van der Waals surface area (Å²) in [4.78, 5) is 0. The molecule has 0 aromatic heterocycles. The predicted octanol–water partition coefficient (Wildman–Crippen LogP) is 3.62. The van der Waals surface area contributed by atoms with E-state index in [1.807, 2.05) is 12.1 Å². The lowest BCUT2D eigenvalue weighted by atomic mass is 9.95. The monoisotopic (exact) mass is 304 g/mol. The van der Waals surface area contributed by atoms with Crippen molar-refractivity contribution in [2.75, 3.05) is 0 Å². The van der Waals surface area contributed by atoms with E-state index in [1.165, 1.54) is 22.3 Å². The van der Waals surface area contributed by atoms with E-state index in [4.69, 9.17) is 5.84 Å². The van der Waals surface area contributed by atoms with Crippen LogP contribution in [0.4, 0.5) is 0 Å². The molecular weight excluding hydrogens is 288 g/mol. The van der Waals surface area contributed by atoms with Crippen molar-refractivity contribution in [3.8, 4) is 0 Å². The fourth-order valence-electron chi connectivity index (χ4n) is 2.12. The van der Waals surface area contributed by atoms with Gasteiger partial charge in [-0.05, 0) is 42.2 Å². The number of hydrazine groups is 1. The maximum Gasteiger partial charge on any atom is 0.0712 e. The van der Waals surface area contributed by atoms with Gasteiger partial charge in [0.25, 0.3) is 0 Å². The van der Waals surface area contributed by atoms with Gasteiger partial charge in [-0.15, -0.1) is 0 Å². The molecule has 2 nitrogen and oxygen atoms in total. The standard InChI is InChI=1S/C15H17BrN2/c1-10-5-3-4-6-13(10)15(18-17)12-7-8-14(16)11(2)9-12/h3-9,15,18H,17H2,1-2H3. The number of aryl methyl sites for hydroxylation is 2. The highest BCUT2D eigenvalue weighted by Crippen LogP contribution is 2.27. The molecule has 18 heavy (non-hydrogen) atoms. The van der Waals surface area contributed by atoms with Gasteiger partial charge < -0.3 is 0 Å². The summed E-state index contributed by atoms with van der Waals surface area (Å²) in [6.07, 6.45) is 0. The minimum atomic E-state index is 0.0259. The topological polar surface area (TPSA) is 38.0 Å². The Kier molecular flexibility index (Phi) is 4.17. The number of rotatable bonds is 3. The van der Waals surface area contributed by atoms with Crippen molar-refractivity contribution in [2.45, 2.75) is 19.9 Å². The quantitative estimate of drug-likeness (QED) is 0.671. The number of hydrogen-bond acceptors (Lipinski definition) is 2. The number of nitrogens with two attached hydrogens (primary N) is 1. The molecule has 0 bridgehead atoms. The van der Waals surface area contributed by atoms with E-state index in [0.717, 1.165) is 4.47 Å². The van der Waals surface area contributed by atoms with Gasteiger partial charge in [-0.2, -0.15) is 0 Å². The average Bonchev–Trinajstić information content (AvgIpc) is 2.37. The summed E-state index contributed by atoms with van der Waals surface area (Å²) in [5.74, 6) is 5.73. The van der Waals surface area contributed by atoms with E-state index in [-0.39, 0.29) is 6.04 Å². The molecule has 0 aliphatic heterocycles. The van der Waals surface area contributed by atoms with Crippen molar-refractivity contribution in [2.24, 2.45) is 5.84 Å². The van der Waals surface area contributed by atoms with Gasteiger partial charge in [-0.1, -0.05) is 52.3 Å². The van der Waals surface area contributed by atoms with Crippen LogP contribution in [0.25, 0.3) is 0 Å². The summed E-state index contributed by atoms with van der Waals surface area (Å²) in [5.41, 5.74) is 7.74. The number of nitrogens with one attached hydrogen (secondary N) is 1. The molecule has 1 atom stereocenters. The molecule has 3 heteroatoms. The third-order valence-electron chi connectivity index (χ3n) is 3.18. The molecule has 2 aromatic carbocycles. The van der Waals surface area contributed by atoms with Gasteiger partial charge in [-0.3, -0.25) is 5.84 Å². The van der Waals surface area contributed by atoms with Crippen molar-refractivity contribution in [3.05, 3.63) is 69.2 Å². The van der Waals surface area contributed by atoms with Crippen molar-refractivity contribution in [1.82, 2.24) is 5.43 Å². The molecule has 0 radical (unpaired) electrons. The lowest BCUT2D eigenvalue weighted by Crippen LogP contribution is -2.29. The Morgan fingerprint density at radius 3 is 2.39 bits per heavy atom. The molecule has 0 fully saturated rings. The van der Waals surface area contributed by atoms with E-state index in [2.05, 4.69) is 65.5 Å². The highest BCUT2D eigenvalue weighted by atomic mass is 79.9. The third-order valence-corrected chi connectivity index (χ3v) is 4.07. The van der Waals surface area contributed by atoms with Gasteiger partial charge in [0.05, 0.1) is 6.04 Å². The Balaban J connectivity index is 2.45. The summed E-state index contributed by atoms with van der Waals surface area (Å²) < 4.78 is 1.12. The Bertz CT molecular complexity index is 552. The second kappa shape index (κ2) is 5.65.